The van der Waals surface area contributed by atoms with Gasteiger partial charge in [0.05, 0.1) is 0 Å². The van der Waals surface area contributed by atoms with Gasteiger partial charge in [-0.3, -0.25) is 0 Å². The van der Waals surface area contributed by atoms with Gasteiger partial charge in [0.2, 0.25) is 0 Å². The number of rotatable bonds is 2. The zero-order valence-electron chi connectivity index (χ0n) is 9.46. The van der Waals surface area contributed by atoms with Gasteiger partial charge in [-0.1, -0.05) is 13.3 Å². The number of aromatic nitrogens is 1. The Morgan fingerprint density at radius 1 is 1.47 bits per heavy atom. The number of nitrogen functional groups attached to an aromatic ring is 1. The fraction of sp³-hybridized carbons (Fsp3) is 0.583. The van der Waals surface area contributed by atoms with Gasteiger partial charge in [0.1, 0.15) is 5.82 Å². The van der Waals surface area contributed by atoms with Crippen molar-refractivity contribution in [2.75, 3.05) is 11.1 Å². The van der Waals surface area contributed by atoms with Crippen molar-refractivity contribution in [2.24, 2.45) is 5.92 Å². The predicted octanol–water partition coefficient (Wildman–Crippen LogP) is 2.57. The maximum atomic E-state index is 5.85. The van der Waals surface area contributed by atoms with E-state index in [0.717, 1.165) is 23.0 Å². The van der Waals surface area contributed by atoms with Gasteiger partial charge in [0, 0.05) is 24.0 Å². The van der Waals surface area contributed by atoms with Crippen molar-refractivity contribution < 1.29 is 0 Å². The summed E-state index contributed by atoms with van der Waals surface area (Å²) in [5.41, 5.74) is 7.71. The van der Waals surface area contributed by atoms with Crippen LogP contribution in [0.15, 0.2) is 12.3 Å². The molecule has 1 aromatic heterocycles. The smallest absolute Gasteiger partial charge is 0.128 e. The Balaban J connectivity index is 2.07. The van der Waals surface area contributed by atoms with Crippen LogP contribution in [0.3, 0.4) is 0 Å². The summed E-state index contributed by atoms with van der Waals surface area (Å²) in [6, 6.07) is 2.50. The second kappa shape index (κ2) is 4.09. The van der Waals surface area contributed by atoms with E-state index in [2.05, 4.69) is 17.2 Å². The Morgan fingerprint density at radius 3 is 2.87 bits per heavy atom. The van der Waals surface area contributed by atoms with Gasteiger partial charge >= 0.3 is 0 Å². The number of nitrogens with zero attached hydrogens (tertiary/aromatic N) is 1. The molecule has 0 bridgehead atoms. The van der Waals surface area contributed by atoms with Crippen LogP contribution < -0.4 is 11.1 Å². The number of nitrogens with one attached hydrogen (secondary N) is 1. The highest BCUT2D eigenvalue weighted by Crippen LogP contribution is 2.27. The standard InChI is InChI=1S/C12H19N3/c1-8-4-3-5-11(8)15-12-6-10(13)9(2)7-14-12/h6-8,11H,3-5H2,1-2H3,(H3,13,14,15). The zero-order valence-corrected chi connectivity index (χ0v) is 9.46. The van der Waals surface area contributed by atoms with Gasteiger partial charge in [0.25, 0.3) is 0 Å². The number of nitrogens with two attached hydrogens (primary N) is 1. The molecule has 3 heteroatoms. The van der Waals surface area contributed by atoms with E-state index >= 15 is 0 Å². The van der Waals surface area contributed by atoms with Crippen molar-refractivity contribution in [3.05, 3.63) is 17.8 Å². The maximum Gasteiger partial charge on any atom is 0.128 e. The second-order valence-corrected chi connectivity index (χ2v) is 4.59. The third-order valence-electron chi connectivity index (χ3n) is 3.34. The molecule has 0 aromatic carbocycles. The molecule has 1 aromatic rings. The number of pyridine rings is 1. The van der Waals surface area contributed by atoms with E-state index in [1.165, 1.54) is 19.3 Å². The van der Waals surface area contributed by atoms with E-state index in [-0.39, 0.29) is 0 Å². The normalized spacial score (nSPS) is 25.5. The Morgan fingerprint density at radius 2 is 2.27 bits per heavy atom. The molecule has 0 radical (unpaired) electrons. The Bertz CT molecular complexity index is 349. The molecule has 0 spiro atoms. The summed E-state index contributed by atoms with van der Waals surface area (Å²) in [5.74, 6) is 1.66. The molecule has 82 valence electrons. The summed E-state index contributed by atoms with van der Waals surface area (Å²) in [5, 5.41) is 3.47. The molecule has 2 unspecified atom stereocenters. The predicted molar refractivity (Wildman–Crippen MR) is 63.8 cm³/mol. The number of anilines is 2. The lowest BCUT2D eigenvalue weighted by molar-refractivity contribution is 0.555. The minimum Gasteiger partial charge on any atom is -0.398 e. The molecule has 0 amide bonds. The number of aryl methyl sites for hydroxylation is 1. The van der Waals surface area contributed by atoms with Crippen molar-refractivity contribution in [1.29, 1.82) is 0 Å². The fourth-order valence-corrected chi connectivity index (χ4v) is 2.17. The molecule has 3 nitrogen and oxygen atoms in total. The molecule has 0 saturated heterocycles. The van der Waals surface area contributed by atoms with Crippen LogP contribution >= 0.6 is 0 Å². The van der Waals surface area contributed by atoms with E-state index in [4.69, 9.17) is 5.73 Å². The lowest BCUT2D eigenvalue weighted by Crippen LogP contribution is -2.22. The fourth-order valence-electron chi connectivity index (χ4n) is 2.17. The molecular weight excluding hydrogens is 186 g/mol. The molecule has 2 rings (SSSR count). The quantitative estimate of drug-likeness (QED) is 0.780. The van der Waals surface area contributed by atoms with Gasteiger partial charge in [-0.15, -0.1) is 0 Å². The van der Waals surface area contributed by atoms with Crippen LogP contribution in [-0.4, -0.2) is 11.0 Å². The average molecular weight is 205 g/mol. The van der Waals surface area contributed by atoms with Crippen molar-refractivity contribution in [3.8, 4) is 0 Å². The van der Waals surface area contributed by atoms with E-state index < -0.39 is 0 Å². The van der Waals surface area contributed by atoms with Crippen LogP contribution in [0.1, 0.15) is 31.7 Å². The summed E-state index contributed by atoms with van der Waals surface area (Å²) in [6.07, 6.45) is 5.72. The Labute approximate surface area is 91.1 Å². The molecule has 1 saturated carbocycles. The first-order chi connectivity index (χ1) is 7.16. The minimum absolute atomic E-state index is 0.569. The minimum atomic E-state index is 0.569. The first-order valence-corrected chi connectivity index (χ1v) is 5.65. The van der Waals surface area contributed by atoms with Crippen molar-refractivity contribution in [2.45, 2.75) is 39.2 Å². The lowest BCUT2D eigenvalue weighted by atomic mass is 10.1. The van der Waals surface area contributed by atoms with E-state index in [0.29, 0.717) is 6.04 Å². The molecule has 1 aliphatic rings. The highest BCUT2D eigenvalue weighted by Gasteiger charge is 2.23. The molecule has 15 heavy (non-hydrogen) atoms. The van der Waals surface area contributed by atoms with E-state index in [9.17, 15) is 0 Å². The van der Waals surface area contributed by atoms with Crippen LogP contribution in [0, 0.1) is 12.8 Å². The van der Waals surface area contributed by atoms with Crippen LogP contribution in [-0.2, 0) is 0 Å². The van der Waals surface area contributed by atoms with Gasteiger partial charge < -0.3 is 11.1 Å². The highest BCUT2D eigenvalue weighted by molar-refractivity contribution is 5.53. The van der Waals surface area contributed by atoms with Gasteiger partial charge in [-0.25, -0.2) is 4.98 Å². The summed E-state index contributed by atoms with van der Waals surface area (Å²) in [4.78, 5) is 4.35. The van der Waals surface area contributed by atoms with Crippen LogP contribution in [0.25, 0.3) is 0 Å². The molecular formula is C12H19N3. The first kappa shape index (κ1) is 10.3. The average Bonchev–Trinajstić information content (AvgIpc) is 2.59. The van der Waals surface area contributed by atoms with Crippen LogP contribution in [0.5, 0.6) is 0 Å². The largest absolute Gasteiger partial charge is 0.398 e. The topological polar surface area (TPSA) is 50.9 Å². The number of hydrogen-bond donors (Lipinski definition) is 2. The van der Waals surface area contributed by atoms with Gasteiger partial charge in [-0.05, 0) is 31.2 Å². The zero-order chi connectivity index (χ0) is 10.8. The Kier molecular flexibility index (Phi) is 2.80. The van der Waals surface area contributed by atoms with Crippen molar-refractivity contribution in [3.63, 3.8) is 0 Å². The van der Waals surface area contributed by atoms with Crippen molar-refractivity contribution >= 4 is 11.5 Å². The summed E-state index contributed by atoms with van der Waals surface area (Å²) < 4.78 is 0. The van der Waals surface area contributed by atoms with Gasteiger partial charge in [0.15, 0.2) is 0 Å². The monoisotopic (exact) mass is 205 g/mol. The Hall–Kier alpha value is -1.25. The third-order valence-corrected chi connectivity index (χ3v) is 3.34. The maximum absolute atomic E-state index is 5.85. The molecule has 1 fully saturated rings. The summed E-state index contributed by atoms with van der Waals surface area (Å²) >= 11 is 0. The first-order valence-electron chi connectivity index (χ1n) is 5.65. The van der Waals surface area contributed by atoms with Crippen molar-refractivity contribution in [1.82, 2.24) is 4.98 Å². The lowest BCUT2D eigenvalue weighted by Gasteiger charge is -2.18. The third kappa shape index (κ3) is 2.22. The summed E-state index contributed by atoms with van der Waals surface area (Å²) in [6.45, 7) is 4.27. The van der Waals surface area contributed by atoms with E-state index in [1.54, 1.807) is 0 Å². The molecule has 0 aliphatic heterocycles. The van der Waals surface area contributed by atoms with Crippen LogP contribution in [0.2, 0.25) is 0 Å². The molecule has 3 N–H and O–H groups in total. The van der Waals surface area contributed by atoms with E-state index in [1.807, 2.05) is 19.2 Å². The SMILES string of the molecule is Cc1cnc(NC2CCCC2C)cc1N. The summed E-state index contributed by atoms with van der Waals surface area (Å²) in [7, 11) is 0. The molecule has 1 aliphatic carbocycles. The highest BCUT2D eigenvalue weighted by atomic mass is 15.0. The molecule has 2 atom stereocenters. The van der Waals surface area contributed by atoms with Gasteiger partial charge in [-0.2, -0.15) is 0 Å². The van der Waals surface area contributed by atoms with Crippen LogP contribution in [0.4, 0.5) is 11.5 Å². The second-order valence-electron chi connectivity index (χ2n) is 4.59. The number of hydrogen-bond acceptors (Lipinski definition) is 3. The molecule has 1 heterocycles.